The molecule has 1 saturated heterocycles. The molecule has 2 aromatic rings. The van der Waals surface area contributed by atoms with Crippen molar-refractivity contribution in [2.24, 2.45) is 0 Å². The zero-order chi connectivity index (χ0) is 19.4. The first-order valence-electron chi connectivity index (χ1n) is 9.10. The van der Waals surface area contributed by atoms with E-state index in [0.717, 1.165) is 37.0 Å². The quantitative estimate of drug-likeness (QED) is 0.758. The van der Waals surface area contributed by atoms with E-state index in [1.807, 2.05) is 11.8 Å². The minimum Gasteiger partial charge on any atom is -0.363 e. The molecule has 1 aromatic carbocycles. The molecule has 1 aromatic heterocycles. The number of aromatic nitrogens is 1. The average Bonchev–Trinajstić information content (AvgIpc) is 3.14. The number of piperidine rings is 1. The maximum Gasteiger partial charge on any atom is 0.222 e. The van der Waals surface area contributed by atoms with E-state index in [4.69, 9.17) is 0 Å². The minimum absolute atomic E-state index is 0.222. The summed E-state index contributed by atoms with van der Waals surface area (Å²) in [7, 11) is 2.05. The summed E-state index contributed by atoms with van der Waals surface area (Å²) in [6.45, 7) is 4.15. The second-order valence-corrected chi connectivity index (χ2v) is 7.78. The molecule has 0 bridgehead atoms. The van der Waals surface area contributed by atoms with Crippen LogP contribution < -0.4 is 5.32 Å². The smallest absolute Gasteiger partial charge is 0.222 e. The van der Waals surface area contributed by atoms with Crippen molar-refractivity contribution in [3.05, 3.63) is 36.0 Å². The molecule has 3 rings (SSSR count). The molecule has 146 valence electrons. The Balaban J connectivity index is 1.52. The van der Waals surface area contributed by atoms with Crippen LogP contribution in [0, 0.1) is 11.6 Å². The third kappa shape index (κ3) is 5.01. The molecule has 0 unspecified atom stereocenters. The molecule has 1 aliphatic heterocycles. The number of carbonyl (C=O) groups excluding carboxylic acids is 1. The highest BCUT2D eigenvalue weighted by Gasteiger charge is 2.24. The molecule has 0 atom stereocenters. The van der Waals surface area contributed by atoms with Crippen LogP contribution in [-0.2, 0) is 4.79 Å². The number of amides is 1. The molecule has 2 heterocycles. The van der Waals surface area contributed by atoms with Crippen LogP contribution in [0.2, 0.25) is 0 Å². The van der Waals surface area contributed by atoms with E-state index in [1.54, 1.807) is 6.20 Å². The lowest BCUT2D eigenvalue weighted by Crippen LogP contribution is -2.46. The zero-order valence-electron chi connectivity index (χ0n) is 15.5. The van der Waals surface area contributed by atoms with Crippen LogP contribution in [0.3, 0.4) is 0 Å². The number of hydrogen-bond donors (Lipinski definition) is 1. The van der Waals surface area contributed by atoms with Gasteiger partial charge in [-0.1, -0.05) is 18.3 Å². The van der Waals surface area contributed by atoms with Crippen LogP contribution >= 0.6 is 11.3 Å². The normalized spacial score (nSPS) is 15.4. The summed E-state index contributed by atoms with van der Waals surface area (Å²) in [4.78, 5) is 20.2. The second kappa shape index (κ2) is 8.75. The van der Waals surface area contributed by atoms with Crippen LogP contribution in [0.5, 0.6) is 0 Å². The number of rotatable bonds is 6. The van der Waals surface area contributed by atoms with Crippen molar-refractivity contribution in [1.29, 1.82) is 0 Å². The maximum absolute atomic E-state index is 13.4. The Kier molecular flexibility index (Phi) is 6.38. The third-order valence-electron chi connectivity index (χ3n) is 4.86. The predicted molar refractivity (Wildman–Crippen MR) is 104 cm³/mol. The van der Waals surface area contributed by atoms with Crippen molar-refractivity contribution >= 4 is 22.2 Å². The van der Waals surface area contributed by atoms with Gasteiger partial charge in [0.05, 0.1) is 12.9 Å². The summed E-state index contributed by atoms with van der Waals surface area (Å²) in [6, 6.07) is 3.83. The standard InChI is InChI=1S/C19H24F2N4OS/c1-3-18(26)25-6-4-16(5-7-25)24(2)12-23-17-11-22-19(27-17)13-8-14(20)10-15(21)9-13/h8-11,16,23H,3-7,12H2,1-2H3. The first kappa shape index (κ1) is 19.7. The Bertz CT molecular complexity index is 770. The SMILES string of the molecule is CCC(=O)N1CCC(N(C)CNc2cnc(-c3cc(F)cc(F)c3)s2)CC1. The summed E-state index contributed by atoms with van der Waals surface area (Å²) in [5, 5.41) is 4.74. The Morgan fingerprint density at radius 1 is 1.30 bits per heavy atom. The van der Waals surface area contributed by atoms with Gasteiger partial charge >= 0.3 is 0 Å². The van der Waals surface area contributed by atoms with Crippen molar-refractivity contribution in [3.8, 4) is 10.6 Å². The van der Waals surface area contributed by atoms with Gasteiger partial charge in [-0.25, -0.2) is 13.8 Å². The fourth-order valence-corrected chi connectivity index (χ4v) is 4.07. The van der Waals surface area contributed by atoms with E-state index in [-0.39, 0.29) is 5.91 Å². The van der Waals surface area contributed by atoms with E-state index in [2.05, 4.69) is 22.2 Å². The van der Waals surface area contributed by atoms with Gasteiger partial charge in [0, 0.05) is 37.2 Å². The van der Waals surface area contributed by atoms with Crippen LogP contribution in [0.25, 0.3) is 10.6 Å². The van der Waals surface area contributed by atoms with Gasteiger partial charge in [-0.15, -0.1) is 0 Å². The number of nitrogens with zero attached hydrogens (tertiary/aromatic N) is 3. The Hall–Kier alpha value is -2.06. The summed E-state index contributed by atoms with van der Waals surface area (Å²) in [6.07, 6.45) is 4.16. The van der Waals surface area contributed by atoms with E-state index < -0.39 is 11.6 Å². The molecular weight excluding hydrogens is 370 g/mol. The monoisotopic (exact) mass is 394 g/mol. The third-order valence-corrected chi connectivity index (χ3v) is 5.86. The Labute approximate surface area is 162 Å². The van der Waals surface area contributed by atoms with E-state index >= 15 is 0 Å². The van der Waals surface area contributed by atoms with Gasteiger partial charge in [0.1, 0.15) is 21.6 Å². The largest absolute Gasteiger partial charge is 0.363 e. The summed E-state index contributed by atoms with van der Waals surface area (Å²) in [5.41, 5.74) is 0.437. The number of benzene rings is 1. The van der Waals surface area contributed by atoms with Gasteiger partial charge in [0.15, 0.2) is 0 Å². The molecule has 1 aliphatic rings. The lowest BCUT2D eigenvalue weighted by molar-refractivity contribution is -0.132. The van der Waals surface area contributed by atoms with Gasteiger partial charge in [0.2, 0.25) is 5.91 Å². The second-order valence-electron chi connectivity index (χ2n) is 6.75. The highest BCUT2D eigenvalue weighted by Crippen LogP contribution is 2.29. The van der Waals surface area contributed by atoms with Gasteiger partial charge in [-0.2, -0.15) is 0 Å². The fourth-order valence-electron chi connectivity index (χ4n) is 3.28. The van der Waals surface area contributed by atoms with Crippen molar-refractivity contribution in [2.45, 2.75) is 32.2 Å². The van der Waals surface area contributed by atoms with Gasteiger partial charge in [-0.3, -0.25) is 9.69 Å². The van der Waals surface area contributed by atoms with Crippen molar-refractivity contribution in [3.63, 3.8) is 0 Å². The summed E-state index contributed by atoms with van der Waals surface area (Å²) in [5.74, 6) is -0.995. The van der Waals surface area contributed by atoms with E-state index in [9.17, 15) is 13.6 Å². The van der Waals surface area contributed by atoms with Crippen LogP contribution in [0.15, 0.2) is 24.4 Å². The minimum atomic E-state index is -0.609. The van der Waals surface area contributed by atoms with Crippen molar-refractivity contribution in [2.75, 3.05) is 32.1 Å². The molecule has 27 heavy (non-hydrogen) atoms. The van der Waals surface area contributed by atoms with E-state index in [0.29, 0.717) is 29.7 Å². The van der Waals surface area contributed by atoms with Gasteiger partial charge < -0.3 is 10.2 Å². The summed E-state index contributed by atoms with van der Waals surface area (Å²) >= 11 is 1.36. The van der Waals surface area contributed by atoms with Gasteiger partial charge in [-0.05, 0) is 32.0 Å². The number of nitrogens with one attached hydrogen (secondary N) is 1. The number of thiazole rings is 1. The molecule has 0 spiro atoms. The highest BCUT2D eigenvalue weighted by atomic mass is 32.1. The molecular formula is C19H24F2N4OS. The van der Waals surface area contributed by atoms with Crippen LogP contribution in [0.1, 0.15) is 26.2 Å². The number of likely N-dealkylation sites (tertiary alicyclic amines) is 1. The number of halogens is 2. The number of carbonyl (C=O) groups is 1. The predicted octanol–water partition coefficient (Wildman–Crippen LogP) is 3.79. The highest BCUT2D eigenvalue weighted by molar-refractivity contribution is 7.18. The van der Waals surface area contributed by atoms with Crippen molar-refractivity contribution < 1.29 is 13.6 Å². The molecule has 0 saturated carbocycles. The molecule has 1 fully saturated rings. The number of anilines is 1. The Morgan fingerprint density at radius 3 is 2.59 bits per heavy atom. The van der Waals surface area contributed by atoms with Gasteiger partial charge in [0.25, 0.3) is 0 Å². The average molecular weight is 394 g/mol. The Morgan fingerprint density at radius 2 is 1.96 bits per heavy atom. The lowest BCUT2D eigenvalue weighted by Gasteiger charge is -2.36. The molecule has 8 heteroatoms. The first-order chi connectivity index (χ1) is 13.0. The van der Waals surface area contributed by atoms with Crippen LogP contribution in [0.4, 0.5) is 13.8 Å². The van der Waals surface area contributed by atoms with Crippen LogP contribution in [-0.4, -0.2) is 53.5 Å². The van der Waals surface area contributed by atoms with Crippen molar-refractivity contribution in [1.82, 2.24) is 14.8 Å². The number of hydrogen-bond acceptors (Lipinski definition) is 5. The molecule has 1 N–H and O–H groups in total. The fraction of sp³-hybridized carbons (Fsp3) is 0.474. The lowest BCUT2D eigenvalue weighted by atomic mass is 10.0. The molecule has 5 nitrogen and oxygen atoms in total. The van der Waals surface area contributed by atoms with E-state index in [1.165, 1.54) is 23.5 Å². The molecule has 0 radical (unpaired) electrons. The first-order valence-corrected chi connectivity index (χ1v) is 9.92. The zero-order valence-corrected chi connectivity index (χ0v) is 16.4. The molecule has 0 aliphatic carbocycles. The molecule has 1 amide bonds. The maximum atomic E-state index is 13.4. The topological polar surface area (TPSA) is 48.5 Å². The summed E-state index contributed by atoms with van der Waals surface area (Å²) < 4.78 is 26.7.